The van der Waals surface area contributed by atoms with Gasteiger partial charge in [-0.15, -0.1) is 11.8 Å². The summed E-state index contributed by atoms with van der Waals surface area (Å²) in [6.07, 6.45) is 0.553. The van der Waals surface area contributed by atoms with Gasteiger partial charge in [0.05, 0.1) is 5.69 Å². The Balaban J connectivity index is 2.02. The molecule has 2 aromatic carbocycles. The Labute approximate surface area is 123 Å². The highest BCUT2D eigenvalue weighted by atomic mass is 32.2. The lowest BCUT2D eigenvalue weighted by atomic mass is 10.1. The molecular weight excluding hydrogens is 266 g/mol. The Morgan fingerprint density at radius 2 is 1.80 bits per heavy atom. The van der Waals surface area contributed by atoms with E-state index < -0.39 is 0 Å². The third kappa shape index (κ3) is 2.46. The van der Waals surface area contributed by atoms with Crippen LogP contribution < -0.4 is 4.90 Å². The van der Waals surface area contributed by atoms with Crippen LogP contribution in [0.15, 0.2) is 59.5 Å². The van der Waals surface area contributed by atoms with Crippen molar-refractivity contribution in [3.8, 4) is 0 Å². The number of hydrogen-bond acceptors (Lipinski definition) is 2. The lowest BCUT2D eigenvalue weighted by molar-refractivity contribution is -0.118. The summed E-state index contributed by atoms with van der Waals surface area (Å²) in [4.78, 5) is 15.6. The molecule has 2 nitrogen and oxygen atoms in total. The van der Waals surface area contributed by atoms with Crippen molar-refractivity contribution >= 4 is 23.4 Å². The predicted octanol–water partition coefficient (Wildman–Crippen LogP) is 4.28. The zero-order valence-corrected chi connectivity index (χ0v) is 12.3. The van der Waals surface area contributed by atoms with Gasteiger partial charge in [0, 0.05) is 23.1 Å². The first-order valence-corrected chi connectivity index (χ1v) is 7.78. The molecule has 0 saturated carbocycles. The van der Waals surface area contributed by atoms with Crippen molar-refractivity contribution in [2.45, 2.75) is 23.5 Å². The molecule has 3 heteroatoms. The maximum atomic E-state index is 12.5. The van der Waals surface area contributed by atoms with Gasteiger partial charge in [-0.05, 0) is 24.6 Å². The molecule has 0 fully saturated rings. The van der Waals surface area contributed by atoms with Gasteiger partial charge in [-0.3, -0.25) is 4.79 Å². The highest BCUT2D eigenvalue weighted by Gasteiger charge is 2.27. The number of benzene rings is 2. The first kappa shape index (κ1) is 13.3. The number of para-hydroxylation sites is 1. The SMILES string of the molecule is CCN1C(=O)C[C@@H](c2ccccc2)Sc2ccccc21. The number of nitrogens with zero attached hydrogens (tertiary/aromatic N) is 1. The van der Waals surface area contributed by atoms with E-state index in [0.717, 1.165) is 12.2 Å². The molecule has 0 spiro atoms. The van der Waals surface area contributed by atoms with Crippen LogP contribution in [0, 0.1) is 0 Å². The van der Waals surface area contributed by atoms with Crippen LogP contribution in [0.25, 0.3) is 0 Å². The third-order valence-electron chi connectivity index (χ3n) is 3.57. The topological polar surface area (TPSA) is 20.3 Å². The molecule has 0 N–H and O–H groups in total. The number of anilines is 1. The largest absolute Gasteiger partial charge is 0.312 e. The van der Waals surface area contributed by atoms with Gasteiger partial charge in [-0.2, -0.15) is 0 Å². The molecule has 1 heterocycles. The molecule has 2 aromatic rings. The molecule has 20 heavy (non-hydrogen) atoms. The molecule has 1 aliphatic heterocycles. The molecule has 0 bridgehead atoms. The Morgan fingerprint density at radius 1 is 1.10 bits per heavy atom. The molecule has 0 aromatic heterocycles. The van der Waals surface area contributed by atoms with Gasteiger partial charge >= 0.3 is 0 Å². The second-order valence-electron chi connectivity index (χ2n) is 4.83. The minimum absolute atomic E-state index is 0.196. The van der Waals surface area contributed by atoms with Gasteiger partial charge in [-0.1, -0.05) is 42.5 Å². The summed E-state index contributed by atoms with van der Waals surface area (Å²) in [5.41, 5.74) is 2.27. The summed E-state index contributed by atoms with van der Waals surface area (Å²) in [6.45, 7) is 2.75. The number of carbonyl (C=O) groups excluding carboxylic acids is 1. The lowest BCUT2D eigenvalue weighted by Gasteiger charge is -2.20. The minimum Gasteiger partial charge on any atom is -0.312 e. The fourth-order valence-electron chi connectivity index (χ4n) is 2.58. The van der Waals surface area contributed by atoms with Crippen molar-refractivity contribution in [2.24, 2.45) is 0 Å². The van der Waals surface area contributed by atoms with Gasteiger partial charge in [0.1, 0.15) is 0 Å². The summed E-state index contributed by atoms with van der Waals surface area (Å²) in [5.74, 6) is 0.207. The molecule has 3 rings (SSSR count). The van der Waals surface area contributed by atoms with Gasteiger partial charge < -0.3 is 4.90 Å². The van der Waals surface area contributed by atoms with E-state index >= 15 is 0 Å². The average molecular weight is 283 g/mol. The maximum absolute atomic E-state index is 12.5. The molecule has 0 saturated heterocycles. The van der Waals surface area contributed by atoms with Crippen LogP contribution in [0.2, 0.25) is 0 Å². The number of fused-ring (bicyclic) bond motifs is 1. The predicted molar refractivity (Wildman–Crippen MR) is 84.1 cm³/mol. The number of amides is 1. The van der Waals surface area contributed by atoms with E-state index in [9.17, 15) is 4.79 Å². The first-order valence-electron chi connectivity index (χ1n) is 6.90. The van der Waals surface area contributed by atoms with Gasteiger partial charge in [0.15, 0.2) is 0 Å². The van der Waals surface area contributed by atoms with E-state index in [-0.39, 0.29) is 11.2 Å². The number of thioether (sulfide) groups is 1. The van der Waals surface area contributed by atoms with Crippen molar-refractivity contribution in [2.75, 3.05) is 11.4 Å². The molecule has 1 aliphatic rings. The quantitative estimate of drug-likeness (QED) is 0.820. The molecule has 0 aliphatic carbocycles. The Morgan fingerprint density at radius 3 is 2.55 bits per heavy atom. The minimum atomic E-state index is 0.196. The second kappa shape index (κ2) is 5.71. The zero-order chi connectivity index (χ0) is 13.9. The summed E-state index contributed by atoms with van der Waals surface area (Å²) in [6, 6.07) is 18.5. The van der Waals surface area contributed by atoms with Crippen LogP contribution in [0.1, 0.15) is 24.2 Å². The van der Waals surface area contributed by atoms with E-state index in [1.54, 1.807) is 11.8 Å². The summed E-state index contributed by atoms with van der Waals surface area (Å²) >= 11 is 1.79. The van der Waals surface area contributed by atoms with Crippen LogP contribution in [-0.2, 0) is 4.79 Å². The van der Waals surface area contributed by atoms with Crippen LogP contribution in [0.5, 0.6) is 0 Å². The smallest absolute Gasteiger partial charge is 0.228 e. The standard InChI is InChI=1S/C17H17NOS/c1-2-18-14-10-6-7-11-15(14)20-16(12-17(18)19)13-8-4-3-5-9-13/h3-11,16H,2,12H2,1H3/t16-/m0/s1. The third-order valence-corrected chi connectivity index (χ3v) is 4.90. The van der Waals surface area contributed by atoms with E-state index in [0.29, 0.717) is 6.42 Å². The van der Waals surface area contributed by atoms with Gasteiger partial charge in [-0.25, -0.2) is 0 Å². The van der Waals surface area contributed by atoms with Crippen molar-refractivity contribution in [1.29, 1.82) is 0 Å². The first-order chi connectivity index (χ1) is 9.79. The van der Waals surface area contributed by atoms with Crippen LogP contribution >= 0.6 is 11.8 Å². The van der Waals surface area contributed by atoms with Crippen LogP contribution in [0.4, 0.5) is 5.69 Å². The van der Waals surface area contributed by atoms with Crippen molar-refractivity contribution in [3.63, 3.8) is 0 Å². The zero-order valence-electron chi connectivity index (χ0n) is 11.5. The fourth-order valence-corrected chi connectivity index (χ4v) is 3.86. The molecule has 102 valence electrons. The fraction of sp³-hybridized carbons (Fsp3) is 0.235. The van der Waals surface area contributed by atoms with Gasteiger partial charge in [0.2, 0.25) is 5.91 Å². The van der Waals surface area contributed by atoms with E-state index in [1.807, 2.05) is 48.2 Å². The molecular formula is C17H17NOS. The Hall–Kier alpha value is -1.74. The van der Waals surface area contributed by atoms with Gasteiger partial charge in [0.25, 0.3) is 0 Å². The Kier molecular flexibility index (Phi) is 3.79. The number of rotatable bonds is 2. The second-order valence-corrected chi connectivity index (χ2v) is 6.07. The molecule has 0 unspecified atom stereocenters. The summed E-state index contributed by atoms with van der Waals surface area (Å²) in [5, 5.41) is 0.196. The van der Waals surface area contributed by atoms with Crippen molar-refractivity contribution < 1.29 is 4.79 Å². The monoisotopic (exact) mass is 283 g/mol. The maximum Gasteiger partial charge on any atom is 0.228 e. The van der Waals surface area contributed by atoms with Crippen LogP contribution in [0.3, 0.4) is 0 Å². The highest BCUT2D eigenvalue weighted by molar-refractivity contribution is 7.99. The normalized spacial score (nSPS) is 18.6. The molecule has 1 atom stereocenters. The summed E-state index contributed by atoms with van der Waals surface area (Å²) in [7, 11) is 0. The van der Waals surface area contributed by atoms with E-state index in [4.69, 9.17) is 0 Å². The van der Waals surface area contributed by atoms with Crippen molar-refractivity contribution in [1.82, 2.24) is 0 Å². The van der Waals surface area contributed by atoms with E-state index in [2.05, 4.69) is 18.2 Å². The van der Waals surface area contributed by atoms with Crippen LogP contribution in [-0.4, -0.2) is 12.5 Å². The Bertz CT molecular complexity index is 611. The number of hydrogen-bond donors (Lipinski definition) is 0. The molecule has 1 amide bonds. The highest BCUT2D eigenvalue weighted by Crippen LogP contribution is 2.45. The molecule has 0 radical (unpaired) electrons. The summed E-state index contributed by atoms with van der Waals surface area (Å²) < 4.78 is 0. The van der Waals surface area contributed by atoms with Crippen molar-refractivity contribution in [3.05, 3.63) is 60.2 Å². The average Bonchev–Trinajstić information content (AvgIpc) is 2.63. The lowest BCUT2D eigenvalue weighted by Crippen LogP contribution is -2.30. The van der Waals surface area contributed by atoms with E-state index in [1.165, 1.54) is 10.5 Å². The number of carbonyl (C=O) groups is 1.